The summed E-state index contributed by atoms with van der Waals surface area (Å²) in [6.07, 6.45) is 2.46. The fourth-order valence-electron chi connectivity index (χ4n) is 3.82. The highest BCUT2D eigenvalue weighted by Gasteiger charge is 2.20. The number of carbonyl (C=O) groups is 1. The Balaban J connectivity index is 1.58. The van der Waals surface area contributed by atoms with Crippen molar-refractivity contribution < 1.29 is 17.6 Å². The van der Waals surface area contributed by atoms with Crippen molar-refractivity contribution in [2.24, 2.45) is 0 Å². The molecule has 0 bridgehead atoms. The van der Waals surface area contributed by atoms with E-state index >= 15 is 0 Å². The Morgan fingerprint density at radius 3 is 2.60 bits per heavy atom. The number of carbonyl (C=O) groups excluding carboxylic acids is 1. The normalized spacial score (nSPS) is 11.8. The van der Waals surface area contributed by atoms with E-state index in [9.17, 15) is 13.2 Å². The van der Waals surface area contributed by atoms with Gasteiger partial charge in [0.15, 0.2) is 0 Å². The number of aromatic nitrogens is 2. The highest BCUT2D eigenvalue weighted by Crippen LogP contribution is 2.24. The van der Waals surface area contributed by atoms with Gasteiger partial charge in [0.2, 0.25) is 10.0 Å². The van der Waals surface area contributed by atoms with Crippen LogP contribution in [0.4, 0.5) is 5.69 Å². The van der Waals surface area contributed by atoms with Gasteiger partial charge in [-0.15, -0.1) is 0 Å². The molecule has 0 aliphatic rings. The molecule has 2 N–H and O–H groups in total. The molecular weight excluding hydrogens is 466 g/mol. The highest BCUT2D eigenvalue weighted by atomic mass is 32.2. The van der Waals surface area contributed by atoms with Crippen LogP contribution in [0.2, 0.25) is 0 Å². The molecule has 0 saturated heterocycles. The first kappa shape index (κ1) is 24.5. The summed E-state index contributed by atoms with van der Waals surface area (Å²) in [5, 5.41) is 6.20. The second-order valence-electron chi connectivity index (χ2n) is 8.28. The quantitative estimate of drug-likeness (QED) is 0.346. The molecule has 0 spiro atoms. The number of hydrogen-bond acceptors (Lipinski definition) is 6. The second-order valence-corrected chi connectivity index (χ2v) is 10.4. The molecule has 0 atom stereocenters. The van der Waals surface area contributed by atoms with Gasteiger partial charge in [0.1, 0.15) is 11.6 Å². The molecule has 0 saturated carbocycles. The predicted molar refractivity (Wildman–Crippen MR) is 135 cm³/mol. The number of fused-ring (bicyclic) bond motifs is 1. The topological polar surface area (TPSA) is 109 Å². The molecule has 0 fully saturated rings. The van der Waals surface area contributed by atoms with Gasteiger partial charge in [-0.1, -0.05) is 19.1 Å². The van der Waals surface area contributed by atoms with E-state index in [4.69, 9.17) is 9.40 Å². The minimum atomic E-state index is -3.56. The number of para-hydroxylation sites is 1. The molecule has 10 heteroatoms. The van der Waals surface area contributed by atoms with Crippen molar-refractivity contribution in [2.75, 3.05) is 19.4 Å². The van der Waals surface area contributed by atoms with Crippen LogP contribution in [-0.4, -0.2) is 42.3 Å². The number of imidazole rings is 1. The van der Waals surface area contributed by atoms with Crippen LogP contribution < -0.4 is 10.6 Å². The van der Waals surface area contributed by atoms with Crippen LogP contribution in [-0.2, 0) is 29.7 Å². The highest BCUT2D eigenvalue weighted by molar-refractivity contribution is 7.89. The molecule has 2 aromatic heterocycles. The number of nitrogens with zero attached hydrogens (tertiary/aromatic N) is 3. The lowest BCUT2D eigenvalue weighted by Gasteiger charge is -2.13. The first-order chi connectivity index (χ1) is 16.8. The van der Waals surface area contributed by atoms with Crippen molar-refractivity contribution in [2.45, 2.75) is 37.9 Å². The monoisotopic (exact) mass is 495 g/mol. The number of anilines is 1. The molecule has 0 unspecified atom stereocenters. The van der Waals surface area contributed by atoms with Crippen molar-refractivity contribution in [3.05, 3.63) is 78.0 Å². The maximum absolute atomic E-state index is 12.8. The van der Waals surface area contributed by atoms with Gasteiger partial charge >= 0.3 is 0 Å². The Hall–Kier alpha value is -3.63. The molecule has 4 aromatic rings. The van der Waals surface area contributed by atoms with E-state index in [0.29, 0.717) is 35.6 Å². The largest absolute Gasteiger partial charge is 0.467 e. The average Bonchev–Trinajstić information content (AvgIpc) is 3.49. The number of sulfonamides is 1. The van der Waals surface area contributed by atoms with Crippen LogP contribution in [0.25, 0.3) is 11.0 Å². The summed E-state index contributed by atoms with van der Waals surface area (Å²) in [6, 6.07) is 15.9. The number of aryl methyl sites for hydroxylation is 1. The van der Waals surface area contributed by atoms with E-state index in [1.54, 1.807) is 42.7 Å². The third kappa shape index (κ3) is 5.23. The summed E-state index contributed by atoms with van der Waals surface area (Å²) in [5.41, 5.74) is 2.67. The number of nitrogens with one attached hydrogen (secondary N) is 2. The number of benzene rings is 2. The zero-order valence-corrected chi connectivity index (χ0v) is 20.8. The Morgan fingerprint density at radius 1 is 1.09 bits per heavy atom. The predicted octanol–water partition coefficient (Wildman–Crippen LogP) is 3.83. The van der Waals surface area contributed by atoms with Crippen LogP contribution in [0.1, 0.15) is 35.3 Å². The minimum Gasteiger partial charge on any atom is -0.467 e. The van der Waals surface area contributed by atoms with Gasteiger partial charge < -0.3 is 19.6 Å². The summed E-state index contributed by atoms with van der Waals surface area (Å²) >= 11 is 0. The Labute approximate surface area is 204 Å². The molecule has 4 rings (SSSR count). The van der Waals surface area contributed by atoms with Crippen LogP contribution >= 0.6 is 0 Å². The summed E-state index contributed by atoms with van der Waals surface area (Å²) in [5.74, 6) is 1.21. The first-order valence-corrected chi connectivity index (χ1v) is 12.8. The van der Waals surface area contributed by atoms with Gasteiger partial charge in [-0.25, -0.2) is 17.7 Å². The van der Waals surface area contributed by atoms with Crippen LogP contribution in [0.3, 0.4) is 0 Å². The lowest BCUT2D eigenvalue weighted by molar-refractivity contribution is 0.0949. The van der Waals surface area contributed by atoms with E-state index in [-0.39, 0.29) is 10.8 Å². The maximum Gasteiger partial charge on any atom is 0.253 e. The van der Waals surface area contributed by atoms with Crippen molar-refractivity contribution >= 4 is 32.7 Å². The fourth-order valence-corrected chi connectivity index (χ4v) is 4.75. The van der Waals surface area contributed by atoms with E-state index < -0.39 is 10.0 Å². The molecule has 0 aliphatic carbocycles. The lowest BCUT2D eigenvalue weighted by atomic mass is 10.1. The zero-order chi connectivity index (χ0) is 25.0. The van der Waals surface area contributed by atoms with Gasteiger partial charge in [-0.3, -0.25) is 4.79 Å². The molecule has 35 heavy (non-hydrogen) atoms. The molecule has 9 nitrogen and oxygen atoms in total. The molecule has 2 heterocycles. The average molecular weight is 496 g/mol. The van der Waals surface area contributed by atoms with E-state index in [2.05, 4.69) is 22.1 Å². The second kappa shape index (κ2) is 10.3. The summed E-state index contributed by atoms with van der Waals surface area (Å²) < 4.78 is 33.7. The Morgan fingerprint density at radius 2 is 1.89 bits per heavy atom. The van der Waals surface area contributed by atoms with Gasteiger partial charge in [-0.2, -0.15) is 0 Å². The summed E-state index contributed by atoms with van der Waals surface area (Å²) in [4.78, 5) is 17.7. The standard InChI is InChI=1S/C25H29N5O4S/c1-4-13-30-23-12-11-19(35(32,33)29(2)3)15-22(23)28-24(30)17-26-21-10-6-5-9-20(21)25(31)27-16-18-8-7-14-34-18/h5-12,14-15,26H,4,13,16-17H2,1-3H3,(H,27,31). The third-order valence-corrected chi connectivity index (χ3v) is 7.45. The smallest absolute Gasteiger partial charge is 0.253 e. The molecule has 0 radical (unpaired) electrons. The summed E-state index contributed by atoms with van der Waals surface area (Å²) in [7, 11) is -0.546. The van der Waals surface area contributed by atoms with Gasteiger partial charge in [0, 0.05) is 26.3 Å². The SMILES string of the molecule is CCCn1c(CNc2ccccc2C(=O)NCc2ccco2)nc2cc(S(=O)(=O)N(C)C)ccc21. The molecule has 2 aromatic carbocycles. The van der Waals surface area contributed by atoms with Crippen LogP contribution in [0, 0.1) is 0 Å². The number of rotatable bonds is 10. The number of furan rings is 1. The van der Waals surface area contributed by atoms with Crippen molar-refractivity contribution in [3.8, 4) is 0 Å². The molecular formula is C25H29N5O4S. The molecule has 1 amide bonds. The van der Waals surface area contributed by atoms with Crippen LogP contribution in [0.5, 0.6) is 0 Å². The summed E-state index contributed by atoms with van der Waals surface area (Å²) in [6.45, 7) is 3.47. The van der Waals surface area contributed by atoms with Crippen molar-refractivity contribution in [1.29, 1.82) is 0 Å². The van der Waals surface area contributed by atoms with Crippen molar-refractivity contribution in [1.82, 2.24) is 19.2 Å². The Kier molecular flexibility index (Phi) is 7.23. The minimum absolute atomic E-state index is 0.203. The molecule has 184 valence electrons. The maximum atomic E-state index is 12.8. The first-order valence-electron chi connectivity index (χ1n) is 11.4. The number of hydrogen-bond donors (Lipinski definition) is 2. The Bertz CT molecular complexity index is 1430. The van der Waals surface area contributed by atoms with Gasteiger partial charge in [0.25, 0.3) is 5.91 Å². The lowest BCUT2D eigenvalue weighted by Crippen LogP contribution is -2.23. The fraction of sp³-hybridized carbons (Fsp3) is 0.280. The number of amides is 1. The zero-order valence-electron chi connectivity index (χ0n) is 20.0. The third-order valence-electron chi connectivity index (χ3n) is 5.64. The van der Waals surface area contributed by atoms with E-state index in [1.165, 1.54) is 18.4 Å². The molecule has 0 aliphatic heterocycles. The van der Waals surface area contributed by atoms with E-state index in [0.717, 1.165) is 24.3 Å². The van der Waals surface area contributed by atoms with Gasteiger partial charge in [-0.05, 0) is 48.9 Å². The van der Waals surface area contributed by atoms with Crippen LogP contribution in [0.15, 0.2) is 70.2 Å². The van der Waals surface area contributed by atoms with Crippen molar-refractivity contribution in [3.63, 3.8) is 0 Å². The van der Waals surface area contributed by atoms with E-state index in [1.807, 2.05) is 18.2 Å². The van der Waals surface area contributed by atoms with Gasteiger partial charge in [0.05, 0.1) is 40.8 Å².